The first kappa shape index (κ1) is 13.9. The molecule has 0 bridgehead atoms. The number of aromatic nitrogens is 1. The van der Waals surface area contributed by atoms with Crippen LogP contribution in [0.5, 0.6) is 0 Å². The van der Waals surface area contributed by atoms with Gasteiger partial charge in [0.2, 0.25) is 5.91 Å². The van der Waals surface area contributed by atoms with Crippen LogP contribution in [0.3, 0.4) is 0 Å². The van der Waals surface area contributed by atoms with Crippen LogP contribution in [0.1, 0.15) is 27.5 Å². The van der Waals surface area contributed by atoms with Crippen LogP contribution in [-0.4, -0.2) is 22.1 Å². The maximum atomic E-state index is 11.1. The molecule has 0 saturated heterocycles. The number of rotatable bonds is 3. The summed E-state index contributed by atoms with van der Waals surface area (Å²) < 4.78 is 0. The lowest BCUT2D eigenvalue weighted by atomic mass is 10.1. The molecule has 4 N–H and O–H groups in total. The molecule has 0 unspecified atom stereocenters. The van der Waals surface area contributed by atoms with E-state index in [1.165, 1.54) is 12.3 Å². The van der Waals surface area contributed by atoms with Gasteiger partial charge in [0.1, 0.15) is 5.82 Å². The normalized spacial score (nSPS) is 20.1. The summed E-state index contributed by atoms with van der Waals surface area (Å²) in [7, 11) is 0. The number of fused-ring (bicyclic) bond motifs is 1. The molecular weight excluding hydrogens is 290 g/mol. The average Bonchev–Trinajstić information content (AvgIpc) is 2.77. The molecule has 0 saturated carbocycles. The number of carbonyl (C=O) groups excluding carboxylic acids is 1. The van der Waals surface area contributed by atoms with E-state index < -0.39 is 12.0 Å². The monoisotopic (exact) mass is 303 g/mol. The number of hydrogen-bond acceptors (Lipinski definition) is 4. The van der Waals surface area contributed by atoms with Gasteiger partial charge in [-0.15, -0.1) is 0 Å². The number of aliphatic hydroxyl groups is 1. The zero-order chi connectivity index (χ0) is 15.0. The summed E-state index contributed by atoms with van der Waals surface area (Å²) in [5.41, 5.74) is 7.57. The van der Waals surface area contributed by atoms with E-state index in [1.54, 1.807) is 0 Å². The predicted molar refractivity (Wildman–Crippen MR) is 80.3 cm³/mol. The molecule has 0 spiro atoms. The third-order valence-corrected chi connectivity index (χ3v) is 3.91. The van der Waals surface area contributed by atoms with Gasteiger partial charge in [0.25, 0.3) is 0 Å². The highest BCUT2D eigenvalue weighted by Gasteiger charge is 2.31. The van der Waals surface area contributed by atoms with Gasteiger partial charge in [-0.05, 0) is 17.2 Å². The van der Waals surface area contributed by atoms with Gasteiger partial charge in [0.15, 0.2) is 0 Å². The Kier molecular flexibility index (Phi) is 3.53. The van der Waals surface area contributed by atoms with Crippen LogP contribution in [0.4, 0.5) is 5.82 Å². The molecular formula is C15H14ClN3O2. The number of nitrogens with two attached hydrogens (primary N) is 1. The lowest BCUT2D eigenvalue weighted by Gasteiger charge is -2.19. The number of amides is 1. The minimum atomic E-state index is -0.581. The summed E-state index contributed by atoms with van der Waals surface area (Å²) in [6.07, 6.45) is 1.41. The number of nitrogens with one attached hydrogen (secondary N) is 1. The van der Waals surface area contributed by atoms with Crippen molar-refractivity contribution < 1.29 is 9.90 Å². The van der Waals surface area contributed by atoms with Crippen LogP contribution >= 0.6 is 11.6 Å². The Labute approximate surface area is 126 Å². The molecule has 0 fully saturated rings. The third-order valence-electron chi connectivity index (χ3n) is 3.62. The van der Waals surface area contributed by atoms with Crippen molar-refractivity contribution in [2.45, 2.75) is 18.6 Å². The molecule has 1 amide bonds. The Hall–Kier alpha value is -2.11. The largest absolute Gasteiger partial charge is 0.390 e. The lowest BCUT2D eigenvalue weighted by Crippen LogP contribution is -2.22. The summed E-state index contributed by atoms with van der Waals surface area (Å²) in [5, 5.41) is 13.6. The van der Waals surface area contributed by atoms with Gasteiger partial charge in [0.05, 0.1) is 22.7 Å². The number of benzene rings is 1. The minimum absolute atomic E-state index is 0.248. The number of hydrogen-bond donors (Lipinski definition) is 3. The fourth-order valence-corrected chi connectivity index (χ4v) is 2.79. The van der Waals surface area contributed by atoms with Crippen LogP contribution in [0.25, 0.3) is 0 Å². The Morgan fingerprint density at radius 2 is 2.19 bits per heavy atom. The third kappa shape index (κ3) is 2.57. The second-order valence-electron chi connectivity index (χ2n) is 5.01. The van der Waals surface area contributed by atoms with Gasteiger partial charge in [-0.1, -0.05) is 35.9 Å². The Morgan fingerprint density at radius 3 is 2.90 bits per heavy atom. The Balaban J connectivity index is 1.89. The van der Waals surface area contributed by atoms with Gasteiger partial charge in [-0.3, -0.25) is 4.79 Å². The highest BCUT2D eigenvalue weighted by atomic mass is 35.5. The van der Waals surface area contributed by atoms with Gasteiger partial charge >= 0.3 is 0 Å². The topological polar surface area (TPSA) is 88.2 Å². The van der Waals surface area contributed by atoms with Gasteiger partial charge in [0, 0.05) is 12.6 Å². The molecule has 5 nitrogen and oxygen atoms in total. The van der Waals surface area contributed by atoms with Crippen molar-refractivity contribution in [1.82, 2.24) is 4.98 Å². The molecule has 108 valence electrons. The van der Waals surface area contributed by atoms with Gasteiger partial charge in [-0.25, -0.2) is 4.98 Å². The lowest BCUT2D eigenvalue weighted by molar-refractivity contribution is 0.1000. The number of pyridine rings is 1. The number of anilines is 1. The molecule has 0 aliphatic heterocycles. The summed E-state index contributed by atoms with van der Waals surface area (Å²) in [6, 6.07) is 9.02. The zero-order valence-electron chi connectivity index (χ0n) is 11.1. The van der Waals surface area contributed by atoms with Crippen LogP contribution in [0.15, 0.2) is 36.5 Å². The average molecular weight is 304 g/mol. The molecule has 3 rings (SSSR count). The van der Waals surface area contributed by atoms with Crippen LogP contribution in [-0.2, 0) is 6.42 Å². The van der Waals surface area contributed by atoms with E-state index in [9.17, 15) is 9.90 Å². The summed E-state index contributed by atoms with van der Waals surface area (Å²) in [5.74, 6) is -0.162. The molecule has 1 aliphatic rings. The van der Waals surface area contributed by atoms with Crippen LogP contribution in [0.2, 0.25) is 5.02 Å². The fourth-order valence-electron chi connectivity index (χ4n) is 2.57. The van der Waals surface area contributed by atoms with E-state index in [1.807, 2.05) is 24.3 Å². The Morgan fingerprint density at radius 1 is 1.43 bits per heavy atom. The van der Waals surface area contributed by atoms with Crippen LogP contribution in [0, 0.1) is 0 Å². The van der Waals surface area contributed by atoms with E-state index in [-0.39, 0.29) is 11.6 Å². The van der Waals surface area contributed by atoms with Crippen molar-refractivity contribution in [3.8, 4) is 0 Å². The Bertz CT molecular complexity index is 705. The number of carbonyl (C=O) groups is 1. The zero-order valence-corrected chi connectivity index (χ0v) is 11.8. The van der Waals surface area contributed by atoms with E-state index in [4.69, 9.17) is 17.3 Å². The molecule has 0 radical (unpaired) electrons. The van der Waals surface area contributed by atoms with Crippen molar-refractivity contribution in [1.29, 1.82) is 0 Å². The predicted octanol–water partition coefficient (Wildman–Crippen LogP) is 1.90. The number of aliphatic hydroxyl groups excluding tert-OH is 1. The molecule has 1 heterocycles. The maximum Gasteiger partial charge on any atom is 0.250 e. The SMILES string of the molecule is NC(=O)c1cnc(N[C@H]2c3ccccc3C[C@H]2O)c(Cl)c1. The summed E-state index contributed by atoms with van der Waals surface area (Å²) in [6.45, 7) is 0. The number of nitrogens with zero attached hydrogens (tertiary/aromatic N) is 1. The highest BCUT2D eigenvalue weighted by Crippen LogP contribution is 2.35. The standard InChI is InChI=1S/C15H14ClN3O2/c16-11-5-9(14(17)21)7-18-15(11)19-13-10-4-2-1-3-8(10)6-12(13)20/h1-5,7,12-13,20H,6H2,(H2,17,21)(H,18,19)/t12-,13+/m1/s1. The number of halogens is 1. The van der Waals surface area contributed by atoms with E-state index in [0.717, 1.165) is 11.1 Å². The summed E-state index contributed by atoms with van der Waals surface area (Å²) >= 11 is 6.11. The van der Waals surface area contributed by atoms with Crippen molar-refractivity contribution in [2.75, 3.05) is 5.32 Å². The molecule has 2 atom stereocenters. The maximum absolute atomic E-state index is 11.1. The first-order chi connectivity index (χ1) is 10.1. The smallest absolute Gasteiger partial charge is 0.250 e. The highest BCUT2D eigenvalue weighted by molar-refractivity contribution is 6.33. The first-order valence-electron chi connectivity index (χ1n) is 6.54. The second-order valence-corrected chi connectivity index (χ2v) is 5.42. The van der Waals surface area contributed by atoms with E-state index >= 15 is 0 Å². The van der Waals surface area contributed by atoms with Gasteiger partial charge in [-0.2, -0.15) is 0 Å². The van der Waals surface area contributed by atoms with E-state index in [0.29, 0.717) is 17.3 Å². The van der Waals surface area contributed by atoms with Crippen molar-refractivity contribution >= 4 is 23.3 Å². The first-order valence-corrected chi connectivity index (χ1v) is 6.92. The van der Waals surface area contributed by atoms with Crippen LogP contribution < -0.4 is 11.1 Å². The molecule has 21 heavy (non-hydrogen) atoms. The molecule has 1 aliphatic carbocycles. The molecule has 6 heteroatoms. The minimum Gasteiger partial charge on any atom is -0.390 e. The fraction of sp³-hybridized carbons (Fsp3) is 0.200. The molecule has 1 aromatic heterocycles. The number of primary amides is 1. The quantitative estimate of drug-likeness (QED) is 0.808. The van der Waals surface area contributed by atoms with Crippen molar-refractivity contribution in [3.05, 3.63) is 58.2 Å². The van der Waals surface area contributed by atoms with E-state index in [2.05, 4.69) is 10.3 Å². The molecule has 2 aromatic rings. The van der Waals surface area contributed by atoms with Crippen molar-refractivity contribution in [3.63, 3.8) is 0 Å². The second kappa shape index (κ2) is 5.35. The summed E-state index contributed by atoms with van der Waals surface area (Å²) in [4.78, 5) is 15.2. The van der Waals surface area contributed by atoms with Gasteiger partial charge < -0.3 is 16.2 Å². The van der Waals surface area contributed by atoms with Crippen molar-refractivity contribution in [2.24, 2.45) is 5.73 Å². The molecule has 1 aromatic carbocycles.